The average Bonchev–Trinajstić information content (AvgIpc) is 1.65. The van der Waals surface area contributed by atoms with Crippen LogP contribution in [0.15, 0.2) is 4.99 Å². The van der Waals surface area contributed by atoms with Crippen LogP contribution in [-0.2, 0) is 0 Å². The quantitative estimate of drug-likeness (QED) is 0.262. The normalized spacial score (nSPS) is 12.2. The number of guanidine groups is 1. The number of nitrogens with zero attached hydrogens (tertiary/aromatic N) is 2. The minimum atomic E-state index is 0.426. The van der Waals surface area contributed by atoms with Gasteiger partial charge in [-0.25, -0.2) is 5.01 Å². The van der Waals surface area contributed by atoms with Crippen LogP contribution in [0, 0.1) is 0 Å². The van der Waals surface area contributed by atoms with Crippen molar-refractivity contribution in [3.63, 3.8) is 0 Å². The highest BCUT2D eigenvalue weighted by atomic mass is 15.5. The molecule has 0 aromatic rings. The molecule has 0 saturated heterocycles. The van der Waals surface area contributed by atoms with E-state index < -0.39 is 0 Å². The third kappa shape index (κ3) is 3.42. The van der Waals surface area contributed by atoms with Crippen molar-refractivity contribution in [2.75, 3.05) is 21.1 Å². The summed E-state index contributed by atoms with van der Waals surface area (Å²) in [6.07, 6.45) is 0. The molecule has 0 unspecified atom stereocenters. The van der Waals surface area contributed by atoms with Crippen LogP contribution in [0.2, 0.25) is 0 Å². The molecule has 0 aromatic heterocycles. The predicted octanol–water partition coefficient (Wildman–Crippen LogP) is -1.00. The molecule has 4 nitrogen and oxygen atoms in total. The first kappa shape index (κ1) is 7.23. The maximum Gasteiger partial charge on any atom is 0.203 e. The lowest BCUT2D eigenvalue weighted by atomic mass is 11.0. The van der Waals surface area contributed by atoms with Crippen molar-refractivity contribution in [2.24, 2.45) is 10.7 Å². The smallest absolute Gasteiger partial charge is 0.203 e. The second-order valence-corrected chi connectivity index (χ2v) is 1.62. The Labute approximate surface area is 49.3 Å². The Bertz CT molecular complexity index is 86.0. The fraction of sp³-hybridized carbons (Fsp3) is 0.750. The van der Waals surface area contributed by atoms with Gasteiger partial charge in [0.05, 0.1) is 0 Å². The van der Waals surface area contributed by atoms with E-state index in [1.165, 1.54) is 0 Å². The van der Waals surface area contributed by atoms with Crippen molar-refractivity contribution in [3.05, 3.63) is 0 Å². The molecule has 0 aromatic carbocycles. The van der Waals surface area contributed by atoms with Gasteiger partial charge in [-0.15, -0.1) is 0 Å². The summed E-state index contributed by atoms with van der Waals surface area (Å²) in [5.41, 5.74) is 8.02. The second-order valence-electron chi connectivity index (χ2n) is 1.62. The summed E-state index contributed by atoms with van der Waals surface area (Å²) in [7, 11) is 5.32. The molecule has 3 N–H and O–H groups in total. The van der Waals surface area contributed by atoms with E-state index in [0.717, 1.165) is 0 Å². The van der Waals surface area contributed by atoms with Gasteiger partial charge in [0.25, 0.3) is 0 Å². The van der Waals surface area contributed by atoms with Gasteiger partial charge < -0.3 is 5.73 Å². The third-order valence-corrected chi connectivity index (χ3v) is 0.579. The van der Waals surface area contributed by atoms with Crippen molar-refractivity contribution < 1.29 is 0 Å². The lowest BCUT2D eigenvalue weighted by Gasteiger charge is -2.10. The van der Waals surface area contributed by atoms with E-state index in [-0.39, 0.29) is 0 Å². The summed E-state index contributed by atoms with van der Waals surface area (Å²) in [5, 5.41) is 1.72. The zero-order valence-electron chi connectivity index (χ0n) is 5.47. The second kappa shape index (κ2) is 3.26. The summed E-state index contributed by atoms with van der Waals surface area (Å²) in [4.78, 5) is 3.67. The first-order valence-electron chi connectivity index (χ1n) is 2.33. The van der Waals surface area contributed by atoms with Crippen molar-refractivity contribution >= 4 is 5.96 Å². The predicted molar refractivity (Wildman–Crippen MR) is 34.4 cm³/mol. The highest BCUT2D eigenvalue weighted by molar-refractivity contribution is 5.76. The molecule has 0 bridgehead atoms. The van der Waals surface area contributed by atoms with Crippen LogP contribution in [-0.4, -0.2) is 32.1 Å². The van der Waals surface area contributed by atoms with Gasteiger partial charge in [0.15, 0.2) is 0 Å². The lowest BCUT2D eigenvalue weighted by Crippen LogP contribution is -2.41. The van der Waals surface area contributed by atoms with Crippen LogP contribution in [0.1, 0.15) is 0 Å². The summed E-state index contributed by atoms with van der Waals surface area (Å²) < 4.78 is 0. The molecule has 0 radical (unpaired) electrons. The van der Waals surface area contributed by atoms with Crippen LogP contribution in [0.4, 0.5) is 0 Å². The van der Waals surface area contributed by atoms with Gasteiger partial charge in [0, 0.05) is 21.1 Å². The minimum absolute atomic E-state index is 0.426. The fourth-order valence-corrected chi connectivity index (χ4v) is 0.279. The average molecular weight is 116 g/mol. The largest absolute Gasteiger partial charge is 0.369 e. The lowest BCUT2D eigenvalue weighted by molar-refractivity contribution is 0.360. The molecule has 0 amide bonds. The number of rotatable bonds is 1. The molecule has 4 heteroatoms. The van der Waals surface area contributed by atoms with Crippen LogP contribution in [0.25, 0.3) is 0 Å². The summed E-state index contributed by atoms with van der Waals surface area (Å²) in [6.45, 7) is 0. The zero-order chi connectivity index (χ0) is 6.57. The van der Waals surface area contributed by atoms with E-state index in [4.69, 9.17) is 5.73 Å². The van der Waals surface area contributed by atoms with Crippen LogP contribution in [0.3, 0.4) is 0 Å². The standard InChI is InChI=1S/C4H12N4/c1-6-4(5)7-8(2)3/h1-3H3,(H3,5,6,7). The molecule has 0 saturated carbocycles. The Morgan fingerprint density at radius 2 is 2.12 bits per heavy atom. The van der Waals surface area contributed by atoms with Gasteiger partial charge in [-0.05, 0) is 0 Å². The molecule has 8 heavy (non-hydrogen) atoms. The molecule has 0 fully saturated rings. The van der Waals surface area contributed by atoms with Crippen molar-refractivity contribution in [1.82, 2.24) is 10.4 Å². The summed E-state index contributed by atoms with van der Waals surface area (Å²) >= 11 is 0. The molecule has 0 spiro atoms. The van der Waals surface area contributed by atoms with Crippen LogP contribution >= 0.6 is 0 Å². The number of hydrogen-bond acceptors (Lipinski definition) is 2. The van der Waals surface area contributed by atoms with Gasteiger partial charge in [-0.3, -0.25) is 10.4 Å². The minimum Gasteiger partial charge on any atom is -0.369 e. The molecule has 0 atom stereocenters. The summed E-state index contributed by atoms with van der Waals surface area (Å²) in [6, 6.07) is 0. The molecule has 48 valence electrons. The summed E-state index contributed by atoms with van der Waals surface area (Å²) in [5.74, 6) is 0.426. The highest BCUT2D eigenvalue weighted by Gasteiger charge is 1.86. The van der Waals surface area contributed by atoms with Crippen molar-refractivity contribution in [2.45, 2.75) is 0 Å². The molecule has 0 aliphatic rings. The number of aliphatic imine (C=N–C) groups is 1. The zero-order valence-corrected chi connectivity index (χ0v) is 5.47. The van der Waals surface area contributed by atoms with Gasteiger partial charge in [-0.1, -0.05) is 0 Å². The van der Waals surface area contributed by atoms with E-state index in [1.807, 2.05) is 14.1 Å². The van der Waals surface area contributed by atoms with Crippen molar-refractivity contribution in [3.8, 4) is 0 Å². The first-order valence-corrected chi connectivity index (χ1v) is 2.33. The Kier molecular flexibility index (Phi) is 2.95. The van der Waals surface area contributed by atoms with E-state index in [2.05, 4.69) is 10.4 Å². The van der Waals surface area contributed by atoms with Gasteiger partial charge in [0.1, 0.15) is 0 Å². The molecule has 0 aliphatic heterocycles. The van der Waals surface area contributed by atoms with Gasteiger partial charge in [-0.2, -0.15) is 0 Å². The molecule has 0 rings (SSSR count). The third-order valence-electron chi connectivity index (χ3n) is 0.579. The van der Waals surface area contributed by atoms with Crippen LogP contribution in [0.5, 0.6) is 0 Å². The molecular formula is C4H12N4. The maximum absolute atomic E-state index is 5.27. The highest BCUT2D eigenvalue weighted by Crippen LogP contribution is 1.61. The monoisotopic (exact) mass is 116 g/mol. The van der Waals surface area contributed by atoms with Gasteiger partial charge in [0.2, 0.25) is 5.96 Å². The van der Waals surface area contributed by atoms with Gasteiger partial charge >= 0.3 is 0 Å². The number of nitrogens with one attached hydrogen (secondary N) is 1. The topological polar surface area (TPSA) is 53.6 Å². The van der Waals surface area contributed by atoms with E-state index in [0.29, 0.717) is 5.96 Å². The molecule has 0 aliphatic carbocycles. The number of hydrazine groups is 1. The van der Waals surface area contributed by atoms with E-state index in [1.54, 1.807) is 12.1 Å². The Balaban J connectivity index is 3.39. The first-order chi connectivity index (χ1) is 3.66. The SMILES string of the molecule is CN=C(N)NN(C)C. The number of hydrogen-bond donors (Lipinski definition) is 2. The van der Waals surface area contributed by atoms with E-state index >= 15 is 0 Å². The maximum atomic E-state index is 5.27. The van der Waals surface area contributed by atoms with E-state index in [9.17, 15) is 0 Å². The van der Waals surface area contributed by atoms with Crippen LogP contribution < -0.4 is 11.2 Å². The number of nitrogens with two attached hydrogens (primary N) is 1. The molecular weight excluding hydrogens is 104 g/mol. The fourth-order valence-electron chi connectivity index (χ4n) is 0.279. The Morgan fingerprint density at radius 3 is 2.25 bits per heavy atom. The Morgan fingerprint density at radius 1 is 1.62 bits per heavy atom. The Hall–Kier alpha value is -0.770. The molecule has 0 heterocycles. The van der Waals surface area contributed by atoms with Crippen molar-refractivity contribution in [1.29, 1.82) is 0 Å².